The summed E-state index contributed by atoms with van der Waals surface area (Å²) < 4.78 is 0. The molecule has 3 aromatic rings. The van der Waals surface area contributed by atoms with Crippen LogP contribution in [0.3, 0.4) is 0 Å². The van der Waals surface area contributed by atoms with Gasteiger partial charge in [0.25, 0.3) is 5.91 Å². The molecule has 0 unspecified atom stereocenters. The summed E-state index contributed by atoms with van der Waals surface area (Å²) in [7, 11) is 0. The van der Waals surface area contributed by atoms with Gasteiger partial charge >= 0.3 is 0 Å². The summed E-state index contributed by atoms with van der Waals surface area (Å²) >= 11 is 5.98. The molecule has 126 valence electrons. The number of amides is 1. The highest BCUT2D eigenvalue weighted by Gasteiger charge is 2.08. The fourth-order valence-corrected chi connectivity index (χ4v) is 2.71. The van der Waals surface area contributed by atoms with Crippen LogP contribution in [-0.4, -0.2) is 10.9 Å². The first kappa shape index (κ1) is 17.0. The number of carbonyl (C=O) groups excluding carboxylic acids is 1. The van der Waals surface area contributed by atoms with E-state index < -0.39 is 0 Å². The Morgan fingerprint density at radius 3 is 2.60 bits per heavy atom. The second kappa shape index (κ2) is 7.36. The summed E-state index contributed by atoms with van der Waals surface area (Å²) in [6, 6.07) is 15.0. The van der Waals surface area contributed by atoms with Crippen molar-refractivity contribution in [3.05, 3.63) is 82.6 Å². The van der Waals surface area contributed by atoms with Crippen LogP contribution in [0.5, 0.6) is 0 Å². The first-order valence-electron chi connectivity index (χ1n) is 7.87. The van der Waals surface area contributed by atoms with E-state index in [0.717, 1.165) is 28.2 Å². The molecule has 0 saturated carbocycles. The van der Waals surface area contributed by atoms with E-state index in [9.17, 15) is 4.79 Å². The van der Waals surface area contributed by atoms with Gasteiger partial charge in [0.2, 0.25) is 0 Å². The molecular formula is C20H18ClN3O. The summed E-state index contributed by atoms with van der Waals surface area (Å²) in [5.74, 6) is -0.199. The Hall–Kier alpha value is -2.85. The number of rotatable bonds is 4. The van der Waals surface area contributed by atoms with Gasteiger partial charge in [-0.2, -0.15) is 0 Å². The first-order chi connectivity index (χ1) is 12.0. The van der Waals surface area contributed by atoms with Gasteiger partial charge in [-0.3, -0.25) is 9.78 Å². The Morgan fingerprint density at radius 1 is 1.00 bits per heavy atom. The number of hydrogen-bond acceptors (Lipinski definition) is 3. The van der Waals surface area contributed by atoms with E-state index in [1.54, 1.807) is 18.5 Å². The zero-order valence-electron chi connectivity index (χ0n) is 14.0. The van der Waals surface area contributed by atoms with Crippen LogP contribution in [0, 0.1) is 13.8 Å². The van der Waals surface area contributed by atoms with Gasteiger partial charge in [-0.05, 0) is 61.4 Å². The molecule has 0 saturated heterocycles. The molecule has 0 radical (unpaired) electrons. The third-order valence-electron chi connectivity index (χ3n) is 3.74. The van der Waals surface area contributed by atoms with E-state index in [2.05, 4.69) is 15.6 Å². The molecule has 0 bridgehead atoms. The summed E-state index contributed by atoms with van der Waals surface area (Å²) in [5, 5.41) is 6.84. The molecule has 1 heterocycles. The van der Waals surface area contributed by atoms with Crippen molar-refractivity contribution >= 4 is 34.6 Å². The minimum atomic E-state index is -0.199. The predicted octanol–water partition coefficient (Wildman–Crippen LogP) is 5.35. The molecule has 5 heteroatoms. The second-order valence-electron chi connectivity index (χ2n) is 5.87. The molecule has 2 aromatic carbocycles. The van der Waals surface area contributed by atoms with Gasteiger partial charge < -0.3 is 10.6 Å². The fourth-order valence-electron chi connectivity index (χ4n) is 2.48. The van der Waals surface area contributed by atoms with Crippen LogP contribution in [0.25, 0.3) is 0 Å². The summed E-state index contributed by atoms with van der Waals surface area (Å²) in [5.41, 5.74) is 5.01. The zero-order chi connectivity index (χ0) is 17.8. The van der Waals surface area contributed by atoms with Gasteiger partial charge in [0, 0.05) is 22.6 Å². The normalized spacial score (nSPS) is 10.4. The number of hydrogen-bond donors (Lipinski definition) is 2. The highest BCUT2D eigenvalue weighted by Crippen LogP contribution is 2.23. The maximum absolute atomic E-state index is 12.4. The van der Waals surface area contributed by atoms with E-state index >= 15 is 0 Å². The number of carbonyl (C=O) groups is 1. The number of benzene rings is 2. The van der Waals surface area contributed by atoms with Gasteiger partial charge in [0.15, 0.2) is 0 Å². The monoisotopic (exact) mass is 351 g/mol. The average molecular weight is 352 g/mol. The number of anilines is 3. The van der Waals surface area contributed by atoms with Crippen LogP contribution in [0.1, 0.15) is 21.5 Å². The Kier molecular flexibility index (Phi) is 5.00. The molecule has 0 atom stereocenters. The molecule has 1 amide bonds. The molecule has 2 N–H and O–H groups in total. The first-order valence-corrected chi connectivity index (χ1v) is 8.25. The minimum absolute atomic E-state index is 0.199. The highest BCUT2D eigenvalue weighted by molar-refractivity contribution is 6.30. The molecule has 0 aliphatic heterocycles. The van der Waals surface area contributed by atoms with Crippen LogP contribution < -0.4 is 10.6 Å². The maximum Gasteiger partial charge on any atom is 0.257 e. The Labute approximate surface area is 151 Å². The van der Waals surface area contributed by atoms with E-state index in [-0.39, 0.29) is 5.91 Å². The topological polar surface area (TPSA) is 54.0 Å². The quantitative estimate of drug-likeness (QED) is 0.666. The zero-order valence-corrected chi connectivity index (χ0v) is 14.8. The summed E-state index contributed by atoms with van der Waals surface area (Å²) in [6.45, 7) is 3.95. The largest absolute Gasteiger partial charge is 0.354 e. The number of aromatic nitrogens is 1. The summed E-state index contributed by atoms with van der Waals surface area (Å²) in [4.78, 5) is 16.6. The SMILES string of the molecule is Cc1cccc(NC(=O)c2cncc(Nc3ccc(Cl)cc3C)c2)c1. The predicted molar refractivity (Wildman–Crippen MR) is 103 cm³/mol. The van der Waals surface area contributed by atoms with Crippen LogP contribution in [0.15, 0.2) is 60.9 Å². The van der Waals surface area contributed by atoms with Crippen LogP contribution in [0.4, 0.5) is 17.1 Å². The van der Waals surface area contributed by atoms with Crippen molar-refractivity contribution in [1.82, 2.24) is 4.98 Å². The Bertz CT molecular complexity index is 924. The number of nitrogens with one attached hydrogen (secondary N) is 2. The lowest BCUT2D eigenvalue weighted by molar-refractivity contribution is 0.102. The molecular weight excluding hydrogens is 334 g/mol. The van der Waals surface area contributed by atoms with Crippen LogP contribution >= 0.6 is 11.6 Å². The Balaban J connectivity index is 1.77. The van der Waals surface area contributed by atoms with Crippen molar-refractivity contribution in [3.8, 4) is 0 Å². The molecule has 3 rings (SSSR count). The lowest BCUT2D eigenvalue weighted by Crippen LogP contribution is -2.12. The molecule has 0 fully saturated rings. The highest BCUT2D eigenvalue weighted by atomic mass is 35.5. The molecule has 25 heavy (non-hydrogen) atoms. The van der Waals surface area contributed by atoms with Crippen molar-refractivity contribution < 1.29 is 4.79 Å². The van der Waals surface area contributed by atoms with Crippen molar-refractivity contribution in [1.29, 1.82) is 0 Å². The van der Waals surface area contributed by atoms with Crippen LogP contribution in [0.2, 0.25) is 5.02 Å². The third-order valence-corrected chi connectivity index (χ3v) is 3.98. The number of aryl methyl sites for hydroxylation is 2. The molecule has 0 spiro atoms. The van der Waals surface area contributed by atoms with Gasteiger partial charge in [0.1, 0.15) is 0 Å². The van der Waals surface area contributed by atoms with Crippen molar-refractivity contribution in [2.24, 2.45) is 0 Å². The van der Waals surface area contributed by atoms with Crippen molar-refractivity contribution in [2.75, 3.05) is 10.6 Å². The minimum Gasteiger partial charge on any atom is -0.354 e. The van der Waals surface area contributed by atoms with E-state index in [1.165, 1.54) is 0 Å². The van der Waals surface area contributed by atoms with Gasteiger partial charge in [-0.1, -0.05) is 23.7 Å². The number of pyridine rings is 1. The van der Waals surface area contributed by atoms with Gasteiger partial charge in [-0.15, -0.1) is 0 Å². The van der Waals surface area contributed by atoms with Crippen LogP contribution in [-0.2, 0) is 0 Å². The number of halogens is 1. The van der Waals surface area contributed by atoms with Gasteiger partial charge in [-0.25, -0.2) is 0 Å². The third kappa shape index (κ3) is 4.37. The van der Waals surface area contributed by atoms with E-state index in [1.807, 2.05) is 56.3 Å². The second-order valence-corrected chi connectivity index (χ2v) is 6.31. The fraction of sp³-hybridized carbons (Fsp3) is 0.100. The lowest BCUT2D eigenvalue weighted by atomic mass is 10.2. The van der Waals surface area contributed by atoms with Gasteiger partial charge in [0.05, 0.1) is 17.4 Å². The van der Waals surface area contributed by atoms with Crippen molar-refractivity contribution in [3.63, 3.8) is 0 Å². The smallest absolute Gasteiger partial charge is 0.257 e. The molecule has 4 nitrogen and oxygen atoms in total. The van der Waals surface area contributed by atoms with E-state index in [0.29, 0.717) is 10.6 Å². The molecule has 0 aliphatic rings. The number of nitrogens with zero attached hydrogens (tertiary/aromatic N) is 1. The maximum atomic E-state index is 12.4. The lowest BCUT2D eigenvalue weighted by Gasteiger charge is -2.11. The van der Waals surface area contributed by atoms with E-state index in [4.69, 9.17) is 11.6 Å². The van der Waals surface area contributed by atoms with Crippen molar-refractivity contribution in [2.45, 2.75) is 13.8 Å². The molecule has 1 aromatic heterocycles. The standard InChI is InChI=1S/C20H18ClN3O/c1-13-4-3-5-17(8-13)24-20(25)15-10-18(12-22-11-15)23-19-7-6-16(21)9-14(19)2/h3-12,23H,1-2H3,(H,24,25). The summed E-state index contributed by atoms with van der Waals surface area (Å²) in [6.07, 6.45) is 3.22. The Morgan fingerprint density at radius 2 is 1.84 bits per heavy atom. The average Bonchev–Trinajstić information content (AvgIpc) is 2.58. The molecule has 0 aliphatic carbocycles.